The molecular weight excluding hydrogens is 384 g/mol. The smallest absolute Gasteiger partial charge is 0.320 e. The first-order valence-electron chi connectivity index (χ1n) is 11.7. The van der Waals surface area contributed by atoms with Crippen LogP contribution in [0.4, 0.5) is 4.79 Å². The van der Waals surface area contributed by atoms with Gasteiger partial charge in [-0.2, -0.15) is 0 Å². The minimum atomic E-state index is -0.0977. The summed E-state index contributed by atoms with van der Waals surface area (Å²) in [5.41, 5.74) is 1.86. The van der Waals surface area contributed by atoms with E-state index in [1.54, 1.807) is 0 Å². The number of rotatable bonds is 11. The van der Waals surface area contributed by atoms with E-state index in [1.807, 2.05) is 65.4 Å². The maximum atomic E-state index is 13.3. The highest BCUT2D eigenvalue weighted by atomic mass is 16.2. The van der Waals surface area contributed by atoms with Crippen molar-refractivity contribution in [3.05, 3.63) is 71.8 Å². The van der Waals surface area contributed by atoms with E-state index in [9.17, 15) is 9.59 Å². The van der Waals surface area contributed by atoms with Crippen molar-refractivity contribution in [3.63, 3.8) is 0 Å². The summed E-state index contributed by atoms with van der Waals surface area (Å²) in [6.07, 6.45) is 7.07. The van der Waals surface area contributed by atoms with Gasteiger partial charge in [-0.1, -0.05) is 99.7 Å². The Morgan fingerprint density at radius 3 is 2.19 bits per heavy atom. The molecule has 1 fully saturated rings. The van der Waals surface area contributed by atoms with Gasteiger partial charge in [0, 0.05) is 25.1 Å². The number of benzene rings is 2. The fraction of sp³-hybridized carbons (Fsp3) is 0.481. The number of carbonyl (C=O) groups excluding carboxylic acids is 2. The van der Waals surface area contributed by atoms with E-state index in [-0.39, 0.29) is 29.9 Å². The fourth-order valence-corrected chi connectivity index (χ4v) is 4.67. The first-order chi connectivity index (χ1) is 15.0. The molecule has 166 valence electrons. The van der Waals surface area contributed by atoms with Crippen molar-refractivity contribution in [2.24, 2.45) is 0 Å². The molecule has 0 aromatic heterocycles. The van der Waals surface area contributed by atoms with E-state index in [2.05, 4.69) is 26.0 Å². The normalized spacial score (nSPS) is 19.6. The van der Waals surface area contributed by atoms with Crippen LogP contribution in [0.3, 0.4) is 0 Å². The topological polar surface area (TPSA) is 40.6 Å². The molecule has 0 aliphatic carbocycles. The van der Waals surface area contributed by atoms with Gasteiger partial charge in [0.1, 0.15) is 0 Å². The predicted octanol–water partition coefficient (Wildman–Crippen LogP) is 6.49. The van der Waals surface area contributed by atoms with Gasteiger partial charge in [-0.3, -0.25) is 4.79 Å². The lowest BCUT2D eigenvalue weighted by atomic mass is 9.93. The zero-order valence-electron chi connectivity index (χ0n) is 19.2. The molecule has 1 saturated heterocycles. The average Bonchev–Trinajstić information content (AvgIpc) is 3.03. The standard InChI is InChI=1S/C27H36N2O2/c1-4-5-6-7-14-19-24(20-25(30)22-15-10-8-11-16-22)29-26(21(2)28(3)27(29)31)23-17-12-9-13-18-23/h8-13,15-18,21,24,26H,4-7,14,19-20H2,1-3H3/t21-,24+,26-/m0/s1. The second kappa shape index (κ2) is 11.1. The van der Waals surface area contributed by atoms with E-state index < -0.39 is 0 Å². The highest BCUT2D eigenvalue weighted by Crippen LogP contribution is 2.38. The number of hydrogen-bond acceptors (Lipinski definition) is 2. The van der Waals surface area contributed by atoms with E-state index >= 15 is 0 Å². The third kappa shape index (κ3) is 5.55. The van der Waals surface area contributed by atoms with Gasteiger partial charge in [0.2, 0.25) is 0 Å². The van der Waals surface area contributed by atoms with Gasteiger partial charge in [0.15, 0.2) is 5.78 Å². The first-order valence-corrected chi connectivity index (χ1v) is 11.7. The Hall–Kier alpha value is -2.62. The zero-order chi connectivity index (χ0) is 22.2. The highest BCUT2D eigenvalue weighted by Gasteiger charge is 2.45. The van der Waals surface area contributed by atoms with Gasteiger partial charge in [-0.15, -0.1) is 0 Å². The van der Waals surface area contributed by atoms with E-state index in [0.717, 1.165) is 30.4 Å². The van der Waals surface area contributed by atoms with Crippen LogP contribution in [0.2, 0.25) is 0 Å². The molecule has 0 saturated carbocycles. The molecule has 0 spiro atoms. The number of Topliss-reactive ketones (excluding diaryl/α,β-unsaturated/α-hetero) is 1. The molecule has 2 aromatic carbocycles. The number of likely N-dealkylation sites (N-methyl/N-ethyl adjacent to an activating group) is 1. The van der Waals surface area contributed by atoms with Gasteiger partial charge in [-0.25, -0.2) is 4.79 Å². The molecule has 1 heterocycles. The van der Waals surface area contributed by atoms with Crippen LogP contribution < -0.4 is 0 Å². The van der Waals surface area contributed by atoms with Gasteiger partial charge in [0.05, 0.1) is 12.1 Å². The Morgan fingerprint density at radius 2 is 1.55 bits per heavy atom. The summed E-state index contributed by atoms with van der Waals surface area (Å²) in [4.78, 5) is 30.3. The fourth-order valence-electron chi connectivity index (χ4n) is 4.67. The Bertz CT molecular complexity index is 837. The maximum absolute atomic E-state index is 13.3. The summed E-state index contributed by atoms with van der Waals surface area (Å²) in [6, 6.07) is 19.7. The summed E-state index contributed by atoms with van der Waals surface area (Å²) in [5.74, 6) is 0.112. The number of unbranched alkanes of at least 4 members (excludes halogenated alkanes) is 4. The minimum Gasteiger partial charge on any atom is -0.323 e. The van der Waals surface area contributed by atoms with Crippen LogP contribution in [0.5, 0.6) is 0 Å². The van der Waals surface area contributed by atoms with Gasteiger partial charge in [0.25, 0.3) is 0 Å². The quantitative estimate of drug-likeness (QED) is 0.308. The minimum absolute atomic E-state index is 0.0285. The molecule has 3 rings (SSSR count). The largest absolute Gasteiger partial charge is 0.323 e. The van der Waals surface area contributed by atoms with Crippen LogP contribution >= 0.6 is 0 Å². The van der Waals surface area contributed by atoms with Gasteiger partial charge in [-0.05, 0) is 18.9 Å². The lowest BCUT2D eigenvalue weighted by Gasteiger charge is -2.33. The van der Waals surface area contributed by atoms with Crippen molar-refractivity contribution >= 4 is 11.8 Å². The second-order valence-electron chi connectivity index (χ2n) is 8.75. The van der Waals surface area contributed by atoms with E-state index in [0.29, 0.717) is 6.42 Å². The van der Waals surface area contributed by atoms with Crippen molar-refractivity contribution in [2.45, 2.75) is 76.9 Å². The summed E-state index contributed by atoms with van der Waals surface area (Å²) in [5, 5.41) is 0. The maximum Gasteiger partial charge on any atom is 0.320 e. The Morgan fingerprint density at radius 1 is 0.935 bits per heavy atom. The lowest BCUT2D eigenvalue weighted by molar-refractivity contribution is 0.0916. The van der Waals surface area contributed by atoms with Crippen LogP contribution in [0.1, 0.15) is 80.8 Å². The number of carbonyl (C=O) groups is 2. The van der Waals surface area contributed by atoms with Crippen LogP contribution in [0.15, 0.2) is 60.7 Å². The van der Waals surface area contributed by atoms with Crippen LogP contribution in [-0.2, 0) is 0 Å². The molecule has 31 heavy (non-hydrogen) atoms. The van der Waals surface area contributed by atoms with Crippen molar-refractivity contribution in [1.82, 2.24) is 9.80 Å². The molecule has 1 aliphatic rings. The van der Waals surface area contributed by atoms with E-state index in [1.165, 1.54) is 19.3 Å². The molecule has 4 heteroatoms. The molecule has 2 amide bonds. The van der Waals surface area contributed by atoms with Gasteiger partial charge < -0.3 is 9.80 Å². The second-order valence-corrected chi connectivity index (χ2v) is 8.75. The molecule has 3 atom stereocenters. The number of hydrogen-bond donors (Lipinski definition) is 0. The SMILES string of the molecule is CCCCCCC[C@H](CC(=O)c1ccccc1)N1C(=O)N(C)[C@@H](C)[C@H]1c1ccccc1. The average molecular weight is 421 g/mol. The molecule has 0 radical (unpaired) electrons. The molecule has 4 nitrogen and oxygen atoms in total. The Kier molecular flexibility index (Phi) is 8.27. The van der Waals surface area contributed by atoms with E-state index in [4.69, 9.17) is 0 Å². The van der Waals surface area contributed by atoms with Crippen molar-refractivity contribution in [3.8, 4) is 0 Å². The monoisotopic (exact) mass is 420 g/mol. The Balaban J connectivity index is 1.85. The molecular formula is C27H36N2O2. The van der Waals surface area contributed by atoms with Crippen molar-refractivity contribution < 1.29 is 9.59 Å². The summed E-state index contributed by atoms with van der Waals surface area (Å²) < 4.78 is 0. The first kappa shape index (κ1) is 23.1. The third-order valence-electron chi connectivity index (χ3n) is 6.58. The number of nitrogens with zero attached hydrogens (tertiary/aromatic N) is 2. The van der Waals surface area contributed by atoms with Crippen molar-refractivity contribution in [1.29, 1.82) is 0 Å². The molecule has 1 aliphatic heterocycles. The third-order valence-corrected chi connectivity index (χ3v) is 6.58. The summed E-state index contributed by atoms with van der Waals surface area (Å²) in [6.45, 7) is 4.32. The predicted molar refractivity (Wildman–Crippen MR) is 126 cm³/mol. The summed E-state index contributed by atoms with van der Waals surface area (Å²) in [7, 11) is 1.88. The number of amides is 2. The van der Waals surface area contributed by atoms with Gasteiger partial charge >= 0.3 is 6.03 Å². The number of urea groups is 1. The van der Waals surface area contributed by atoms with Crippen LogP contribution in [0.25, 0.3) is 0 Å². The molecule has 2 aromatic rings. The lowest BCUT2D eigenvalue weighted by Crippen LogP contribution is -2.41. The Labute approximate surface area is 187 Å². The van der Waals surface area contributed by atoms with Crippen LogP contribution in [-0.4, -0.2) is 40.7 Å². The molecule has 0 unspecified atom stereocenters. The summed E-state index contributed by atoms with van der Waals surface area (Å²) >= 11 is 0. The molecule has 0 N–H and O–H groups in total. The highest BCUT2D eigenvalue weighted by molar-refractivity contribution is 5.96. The molecule has 0 bridgehead atoms. The van der Waals surface area contributed by atoms with Crippen LogP contribution in [0, 0.1) is 0 Å². The van der Waals surface area contributed by atoms with Crippen molar-refractivity contribution in [2.75, 3.05) is 7.05 Å². The number of ketones is 1. The zero-order valence-corrected chi connectivity index (χ0v) is 19.2.